The maximum atomic E-state index is 6.60. The molecule has 2 aromatic heterocycles. The van der Waals surface area contributed by atoms with Crippen LogP contribution in [0.25, 0.3) is 40.1 Å². The van der Waals surface area contributed by atoms with Crippen molar-refractivity contribution in [3.05, 3.63) is 100 Å². The van der Waals surface area contributed by atoms with E-state index in [2.05, 4.69) is 22.2 Å². The van der Waals surface area contributed by atoms with Crippen molar-refractivity contribution in [1.82, 2.24) is 14.8 Å². The second-order valence-corrected chi connectivity index (χ2v) is 7.91. The predicted octanol–water partition coefficient (Wildman–Crippen LogP) is 7.47. The van der Waals surface area contributed by atoms with Gasteiger partial charge in [0.05, 0.1) is 11.4 Å². The van der Waals surface area contributed by atoms with Gasteiger partial charge in [-0.05, 0) is 60.5 Å². The molecule has 0 fully saturated rings. The van der Waals surface area contributed by atoms with Gasteiger partial charge in [-0.3, -0.25) is 0 Å². The van der Waals surface area contributed by atoms with Crippen molar-refractivity contribution in [1.29, 1.82) is 0 Å². The van der Waals surface area contributed by atoms with Gasteiger partial charge >= 0.3 is 0 Å². The number of hydrogen-bond acceptors (Lipinski definition) is 3. The first kappa shape index (κ1) is 19.6. The molecule has 5 rings (SSSR count). The second kappa shape index (κ2) is 8.06. The highest BCUT2D eigenvalue weighted by atomic mass is 35.5. The molecule has 0 aliphatic heterocycles. The Morgan fingerprint density at radius 2 is 1.65 bits per heavy atom. The van der Waals surface area contributed by atoms with Gasteiger partial charge in [0.2, 0.25) is 5.89 Å². The molecular formula is C25H17Cl2N3O. The minimum atomic E-state index is 0.509. The molecule has 0 radical (unpaired) electrons. The van der Waals surface area contributed by atoms with E-state index in [4.69, 9.17) is 27.6 Å². The molecule has 0 bridgehead atoms. The van der Waals surface area contributed by atoms with Gasteiger partial charge in [-0.2, -0.15) is 5.10 Å². The van der Waals surface area contributed by atoms with Gasteiger partial charge in [0.15, 0.2) is 5.58 Å². The summed E-state index contributed by atoms with van der Waals surface area (Å²) in [6.45, 7) is 1.91. The molecule has 2 heterocycles. The number of aromatic nitrogens is 3. The lowest BCUT2D eigenvalue weighted by Gasteiger charge is -2.02. The zero-order valence-electron chi connectivity index (χ0n) is 16.6. The zero-order chi connectivity index (χ0) is 21.4. The largest absolute Gasteiger partial charge is 0.437 e. The fraction of sp³-hybridized carbons (Fsp3) is 0.0400. The molecule has 0 atom stereocenters. The molecule has 0 N–H and O–H groups in total. The molecule has 0 aliphatic rings. The minimum Gasteiger partial charge on any atom is -0.437 e. The molecule has 152 valence electrons. The summed E-state index contributed by atoms with van der Waals surface area (Å²) >= 11 is 12.6. The fourth-order valence-corrected chi connectivity index (χ4v) is 3.90. The maximum Gasteiger partial charge on any atom is 0.220 e. The zero-order valence-corrected chi connectivity index (χ0v) is 18.1. The van der Waals surface area contributed by atoms with Crippen molar-refractivity contribution in [2.45, 2.75) is 6.92 Å². The van der Waals surface area contributed by atoms with Crippen LogP contribution >= 0.6 is 23.2 Å². The van der Waals surface area contributed by atoms with E-state index < -0.39 is 0 Å². The molecular weight excluding hydrogens is 429 g/mol. The van der Waals surface area contributed by atoms with Crippen molar-refractivity contribution in [2.24, 2.45) is 0 Å². The van der Waals surface area contributed by atoms with Gasteiger partial charge in [0.1, 0.15) is 10.7 Å². The summed E-state index contributed by atoms with van der Waals surface area (Å²) in [5, 5.41) is 5.72. The molecule has 0 saturated heterocycles. The van der Waals surface area contributed by atoms with E-state index in [0.29, 0.717) is 16.1 Å². The van der Waals surface area contributed by atoms with Crippen molar-refractivity contribution < 1.29 is 4.42 Å². The Balaban J connectivity index is 1.46. The van der Waals surface area contributed by atoms with Crippen LogP contribution in [0.4, 0.5) is 0 Å². The summed E-state index contributed by atoms with van der Waals surface area (Å²) in [4.78, 5) is 4.61. The predicted molar refractivity (Wildman–Crippen MR) is 127 cm³/mol. The fourth-order valence-electron chi connectivity index (χ4n) is 3.44. The quantitative estimate of drug-likeness (QED) is 0.288. The Kier molecular flexibility index (Phi) is 5.10. The third-order valence-corrected chi connectivity index (χ3v) is 5.64. The molecule has 0 aliphatic carbocycles. The van der Waals surface area contributed by atoms with Crippen molar-refractivity contribution >= 4 is 46.5 Å². The Morgan fingerprint density at radius 1 is 0.871 bits per heavy atom. The second-order valence-electron chi connectivity index (χ2n) is 7.11. The normalized spacial score (nSPS) is 11.6. The Labute approximate surface area is 189 Å². The van der Waals surface area contributed by atoms with Gasteiger partial charge < -0.3 is 4.42 Å². The monoisotopic (exact) mass is 445 g/mol. The van der Waals surface area contributed by atoms with Crippen molar-refractivity contribution in [2.75, 3.05) is 0 Å². The van der Waals surface area contributed by atoms with Gasteiger partial charge in [0.25, 0.3) is 0 Å². The van der Waals surface area contributed by atoms with Crippen molar-refractivity contribution in [3.63, 3.8) is 0 Å². The van der Waals surface area contributed by atoms with Gasteiger partial charge in [-0.1, -0.05) is 59.6 Å². The van der Waals surface area contributed by atoms with Crippen LogP contribution in [0.1, 0.15) is 17.1 Å². The molecule has 6 heteroatoms. The number of oxazole rings is 1. The molecule has 0 amide bonds. The van der Waals surface area contributed by atoms with E-state index >= 15 is 0 Å². The highest BCUT2D eigenvalue weighted by Crippen LogP contribution is 2.28. The van der Waals surface area contributed by atoms with Crippen LogP contribution in [0, 0.1) is 6.92 Å². The van der Waals surface area contributed by atoms with Crippen LogP contribution < -0.4 is 0 Å². The number of hydrogen-bond donors (Lipinski definition) is 0. The standard InChI is InChI=1S/C25H17Cl2N3O/c1-16-21(25(27)30(29-16)20-10-8-19(26)9-11-20)12-14-24-28-22-15-18(7-13-23(22)31-24)17-5-3-2-4-6-17/h2-15H,1H3. The highest BCUT2D eigenvalue weighted by Gasteiger charge is 2.13. The summed E-state index contributed by atoms with van der Waals surface area (Å²) in [6.07, 6.45) is 3.68. The van der Waals surface area contributed by atoms with Crippen LogP contribution in [-0.4, -0.2) is 14.8 Å². The van der Waals surface area contributed by atoms with Crippen LogP contribution in [0.5, 0.6) is 0 Å². The van der Waals surface area contributed by atoms with Gasteiger partial charge in [-0.15, -0.1) is 0 Å². The Hall–Kier alpha value is -3.34. The van der Waals surface area contributed by atoms with Gasteiger partial charge in [-0.25, -0.2) is 9.67 Å². The summed E-state index contributed by atoms with van der Waals surface area (Å²) in [6, 6.07) is 23.6. The first-order valence-corrected chi connectivity index (χ1v) is 10.5. The maximum absolute atomic E-state index is 6.60. The third kappa shape index (κ3) is 3.88. The van der Waals surface area contributed by atoms with Crippen LogP contribution in [-0.2, 0) is 0 Å². The molecule has 0 unspecified atom stereocenters. The third-order valence-electron chi connectivity index (χ3n) is 5.02. The number of rotatable bonds is 4. The number of benzene rings is 3. The molecule has 0 saturated carbocycles. The lowest BCUT2D eigenvalue weighted by Crippen LogP contribution is -1.96. The summed E-state index contributed by atoms with van der Waals surface area (Å²) in [5.41, 5.74) is 6.23. The van der Waals surface area contributed by atoms with Crippen LogP contribution in [0.2, 0.25) is 10.2 Å². The van der Waals surface area contributed by atoms with E-state index in [1.807, 2.05) is 79.7 Å². The van der Waals surface area contributed by atoms with E-state index in [-0.39, 0.29) is 0 Å². The van der Waals surface area contributed by atoms with E-state index in [9.17, 15) is 0 Å². The van der Waals surface area contributed by atoms with E-state index in [1.165, 1.54) is 0 Å². The summed E-state index contributed by atoms with van der Waals surface area (Å²) < 4.78 is 7.57. The molecule has 4 nitrogen and oxygen atoms in total. The topological polar surface area (TPSA) is 43.9 Å². The molecule has 3 aromatic carbocycles. The lowest BCUT2D eigenvalue weighted by molar-refractivity contribution is 0.590. The number of fused-ring (bicyclic) bond motifs is 1. The van der Waals surface area contributed by atoms with E-state index in [0.717, 1.165) is 39.2 Å². The minimum absolute atomic E-state index is 0.509. The highest BCUT2D eigenvalue weighted by molar-refractivity contribution is 6.31. The van der Waals surface area contributed by atoms with Crippen LogP contribution in [0.15, 0.2) is 77.2 Å². The average Bonchev–Trinajstić information content (AvgIpc) is 3.33. The molecule has 31 heavy (non-hydrogen) atoms. The lowest BCUT2D eigenvalue weighted by atomic mass is 10.1. The Bertz CT molecular complexity index is 1400. The van der Waals surface area contributed by atoms with Gasteiger partial charge in [0, 0.05) is 16.7 Å². The summed E-state index contributed by atoms with van der Waals surface area (Å²) in [7, 11) is 0. The van der Waals surface area contributed by atoms with Crippen LogP contribution in [0.3, 0.4) is 0 Å². The smallest absolute Gasteiger partial charge is 0.220 e. The number of nitrogens with zero attached hydrogens (tertiary/aromatic N) is 3. The average molecular weight is 446 g/mol. The Morgan fingerprint density at radius 3 is 2.42 bits per heavy atom. The summed E-state index contributed by atoms with van der Waals surface area (Å²) in [5.74, 6) is 0.509. The van der Waals surface area contributed by atoms with E-state index in [1.54, 1.807) is 4.68 Å². The first-order valence-electron chi connectivity index (χ1n) is 9.74. The van der Waals surface area contributed by atoms with Crippen molar-refractivity contribution in [3.8, 4) is 16.8 Å². The number of halogens is 2. The first-order chi connectivity index (χ1) is 15.1. The number of aryl methyl sites for hydroxylation is 1. The molecule has 0 spiro atoms. The molecule has 5 aromatic rings. The SMILES string of the molecule is Cc1nn(-c2ccc(Cl)cc2)c(Cl)c1C=Cc1nc2cc(-c3ccccc3)ccc2o1.